The van der Waals surface area contributed by atoms with Gasteiger partial charge in [0.1, 0.15) is 15.8 Å². The van der Waals surface area contributed by atoms with Crippen molar-refractivity contribution in [3.8, 4) is 5.75 Å². The average Bonchev–Trinajstić information content (AvgIpc) is 2.92. The van der Waals surface area contributed by atoms with E-state index in [-0.39, 0.29) is 18.0 Å². The molecule has 0 aliphatic heterocycles. The van der Waals surface area contributed by atoms with Gasteiger partial charge in [0.15, 0.2) is 0 Å². The second kappa shape index (κ2) is 6.99. The molecule has 0 fully saturated rings. The second-order valence-electron chi connectivity index (χ2n) is 4.48. The van der Waals surface area contributed by atoms with Crippen LogP contribution in [0, 0.1) is 6.92 Å². The summed E-state index contributed by atoms with van der Waals surface area (Å²) in [7, 11) is -2.10. The zero-order valence-electron chi connectivity index (χ0n) is 12.4. The minimum Gasteiger partial charge on any atom is -0.497 e. The van der Waals surface area contributed by atoms with Crippen molar-refractivity contribution in [2.24, 2.45) is 0 Å². The second-order valence-corrected chi connectivity index (χ2v) is 7.68. The van der Waals surface area contributed by atoms with E-state index in [1.54, 1.807) is 18.2 Å². The molecule has 22 heavy (non-hydrogen) atoms. The van der Waals surface area contributed by atoms with Gasteiger partial charge in [-0.15, -0.1) is 28.1 Å². The van der Waals surface area contributed by atoms with Crippen molar-refractivity contribution in [1.82, 2.24) is 14.5 Å². The Balaban J connectivity index is 2.29. The van der Waals surface area contributed by atoms with E-state index >= 15 is 0 Å². The molecule has 118 valence electrons. The summed E-state index contributed by atoms with van der Waals surface area (Å²) in [5.74, 6) is 0.606. The molecule has 0 saturated heterocycles. The van der Waals surface area contributed by atoms with Gasteiger partial charge in [0.2, 0.25) is 10.0 Å². The van der Waals surface area contributed by atoms with Gasteiger partial charge in [-0.2, -0.15) is 4.31 Å². The minimum absolute atomic E-state index is 0.173. The first kappa shape index (κ1) is 16.6. The van der Waals surface area contributed by atoms with Crippen LogP contribution in [0.3, 0.4) is 0 Å². The number of hydrogen-bond acceptors (Lipinski definition) is 6. The van der Waals surface area contributed by atoms with E-state index in [1.165, 1.54) is 34.9 Å². The fraction of sp³-hybridized carbons (Fsp3) is 0.286. The summed E-state index contributed by atoms with van der Waals surface area (Å²) in [6.45, 7) is 5.83. The molecule has 0 saturated carbocycles. The van der Waals surface area contributed by atoms with E-state index in [0.29, 0.717) is 10.8 Å². The van der Waals surface area contributed by atoms with Crippen LogP contribution >= 0.6 is 11.3 Å². The van der Waals surface area contributed by atoms with E-state index in [2.05, 4.69) is 16.8 Å². The van der Waals surface area contributed by atoms with Gasteiger partial charge in [-0.05, 0) is 31.2 Å². The van der Waals surface area contributed by atoms with Crippen molar-refractivity contribution in [3.05, 3.63) is 46.9 Å². The lowest BCUT2D eigenvalue weighted by Crippen LogP contribution is -2.30. The van der Waals surface area contributed by atoms with Gasteiger partial charge in [0.05, 0.1) is 18.6 Å². The van der Waals surface area contributed by atoms with Crippen LogP contribution in [-0.2, 0) is 16.6 Å². The number of sulfonamides is 1. The molecule has 0 unspecified atom stereocenters. The van der Waals surface area contributed by atoms with Crippen molar-refractivity contribution in [1.29, 1.82) is 0 Å². The van der Waals surface area contributed by atoms with Gasteiger partial charge < -0.3 is 4.74 Å². The smallest absolute Gasteiger partial charge is 0.243 e. The maximum absolute atomic E-state index is 12.7. The Morgan fingerprint density at radius 3 is 2.50 bits per heavy atom. The molecule has 1 aromatic carbocycles. The number of ether oxygens (including phenoxy) is 1. The van der Waals surface area contributed by atoms with Crippen LogP contribution in [0.25, 0.3) is 0 Å². The largest absolute Gasteiger partial charge is 0.497 e. The normalized spacial score (nSPS) is 11.6. The first-order valence-corrected chi connectivity index (χ1v) is 8.77. The van der Waals surface area contributed by atoms with Gasteiger partial charge in [-0.3, -0.25) is 0 Å². The number of nitrogens with zero attached hydrogens (tertiary/aromatic N) is 3. The molecule has 8 heteroatoms. The lowest BCUT2D eigenvalue weighted by molar-refractivity contribution is 0.414. The SMILES string of the molecule is C=CCN(Cc1nnc(C)s1)S(=O)(=O)c1ccc(OC)cc1. The quantitative estimate of drug-likeness (QED) is 0.723. The lowest BCUT2D eigenvalue weighted by Gasteiger charge is -2.19. The molecule has 0 radical (unpaired) electrons. The van der Waals surface area contributed by atoms with Crippen LogP contribution in [0.2, 0.25) is 0 Å². The van der Waals surface area contributed by atoms with E-state index < -0.39 is 10.0 Å². The zero-order valence-corrected chi connectivity index (χ0v) is 14.0. The van der Waals surface area contributed by atoms with Crippen LogP contribution in [0.4, 0.5) is 0 Å². The standard InChI is InChI=1S/C14H17N3O3S2/c1-4-9-17(10-14-16-15-11(2)21-14)22(18,19)13-7-5-12(20-3)6-8-13/h4-8H,1,9-10H2,2-3H3. The Hall–Kier alpha value is -1.77. The topological polar surface area (TPSA) is 72.4 Å². The Kier molecular flexibility index (Phi) is 5.28. The number of aryl methyl sites for hydroxylation is 1. The summed E-state index contributed by atoms with van der Waals surface area (Å²) >= 11 is 1.38. The average molecular weight is 339 g/mol. The fourth-order valence-electron chi connectivity index (χ4n) is 1.84. The molecule has 6 nitrogen and oxygen atoms in total. The van der Waals surface area contributed by atoms with Crippen LogP contribution in [0.1, 0.15) is 10.0 Å². The van der Waals surface area contributed by atoms with Gasteiger partial charge in [-0.1, -0.05) is 6.08 Å². The molecule has 2 aromatic rings. The first-order chi connectivity index (χ1) is 10.5. The summed E-state index contributed by atoms with van der Waals surface area (Å²) in [4.78, 5) is 0.205. The number of benzene rings is 1. The minimum atomic E-state index is -3.63. The predicted molar refractivity (Wildman–Crippen MR) is 85.4 cm³/mol. The van der Waals surface area contributed by atoms with Gasteiger partial charge in [0.25, 0.3) is 0 Å². The predicted octanol–water partition coefficient (Wildman–Crippen LogP) is 2.23. The summed E-state index contributed by atoms with van der Waals surface area (Å²) in [5.41, 5.74) is 0. The molecular weight excluding hydrogens is 322 g/mol. The Bertz CT molecular complexity index is 739. The molecule has 0 bridgehead atoms. The molecule has 0 spiro atoms. The Labute approximate surface area is 134 Å². The third-order valence-corrected chi connectivity index (χ3v) is 5.56. The maximum atomic E-state index is 12.7. The third-order valence-electron chi connectivity index (χ3n) is 2.91. The van der Waals surface area contributed by atoms with Crippen LogP contribution in [-0.4, -0.2) is 36.6 Å². The monoisotopic (exact) mass is 339 g/mol. The fourth-order valence-corrected chi connectivity index (χ4v) is 4.02. The number of rotatable bonds is 7. The van der Waals surface area contributed by atoms with Gasteiger partial charge in [-0.25, -0.2) is 8.42 Å². The first-order valence-electron chi connectivity index (χ1n) is 6.51. The highest BCUT2D eigenvalue weighted by Gasteiger charge is 2.24. The zero-order chi connectivity index (χ0) is 16.2. The van der Waals surface area contributed by atoms with Crippen molar-refractivity contribution < 1.29 is 13.2 Å². The summed E-state index contributed by atoms with van der Waals surface area (Å²) < 4.78 is 31.8. The van der Waals surface area contributed by atoms with E-state index in [4.69, 9.17) is 4.74 Å². The highest BCUT2D eigenvalue weighted by Crippen LogP contribution is 2.22. The Morgan fingerprint density at radius 2 is 2.00 bits per heavy atom. The van der Waals surface area contributed by atoms with Crippen LogP contribution in [0.5, 0.6) is 5.75 Å². The van der Waals surface area contributed by atoms with E-state index in [0.717, 1.165) is 5.01 Å². The molecule has 1 aromatic heterocycles. The van der Waals surface area contributed by atoms with Gasteiger partial charge >= 0.3 is 0 Å². The molecule has 0 atom stereocenters. The summed E-state index contributed by atoms with van der Waals surface area (Å²) in [5, 5.41) is 9.34. The highest BCUT2D eigenvalue weighted by atomic mass is 32.2. The molecule has 0 aliphatic rings. The molecule has 0 N–H and O–H groups in total. The molecule has 2 rings (SSSR count). The molecule has 0 aliphatic carbocycles. The number of methoxy groups -OCH3 is 1. The summed E-state index contributed by atoms with van der Waals surface area (Å²) in [6.07, 6.45) is 1.55. The van der Waals surface area contributed by atoms with Gasteiger partial charge in [0, 0.05) is 6.54 Å². The Morgan fingerprint density at radius 1 is 1.32 bits per heavy atom. The summed E-state index contributed by atoms with van der Waals surface area (Å²) in [6, 6.07) is 6.29. The highest BCUT2D eigenvalue weighted by molar-refractivity contribution is 7.89. The molecular formula is C14H17N3O3S2. The number of aromatic nitrogens is 2. The van der Waals surface area contributed by atoms with Crippen LogP contribution < -0.4 is 4.74 Å². The third kappa shape index (κ3) is 3.70. The van der Waals surface area contributed by atoms with Crippen LogP contribution in [0.15, 0.2) is 41.8 Å². The van der Waals surface area contributed by atoms with Crippen molar-refractivity contribution >= 4 is 21.4 Å². The van der Waals surface area contributed by atoms with Crippen molar-refractivity contribution in [2.45, 2.75) is 18.4 Å². The van der Waals surface area contributed by atoms with E-state index in [9.17, 15) is 8.42 Å². The molecule has 0 amide bonds. The molecule has 1 heterocycles. The van der Waals surface area contributed by atoms with Crippen molar-refractivity contribution in [3.63, 3.8) is 0 Å². The number of hydrogen-bond donors (Lipinski definition) is 0. The lowest BCUT2D eigenvalue weighted by atomic mass is 10.3. The van der Waals surface area contributed by atoms with E-state index in [1.807, 2.05) is 6.92 Å². The maximum Gasteiger partial charge on any atom is 0.243 e. The van der Waals surface area contributed by atoms with Crippen molar-refractivity contribution in [2.75, 3.05) is 13.7 Å².